The van der Waals surface area contributed by atoms with Gasteiger partial charge < -0.3 is 14.6 Å². The third-order valence-electron chi connectivity index (χ3n) is 4.40. The summed E-state index contributed by atoms with van der Waals surface area (Å²) in [5.41, 5.74) is 1.60. The molecule has 0 saturated carbocycles. The number of benzene rings is 1. The summed E-state index contributed by atoms with van der Waals surface area (Å²) in [7, 11) is 0. The number of rotatable bonds is 7. The van der Waals surface area contributed by atoms with Crippen LogP contribution in [0.5, 0.6) is 0 Å². The molecule has 1 atom stereocenters. The summed E-state index contributed by atoms with van der Waals surface area (Å²) >= 11 is 0. The predicted molar refractivity (Wildman–Crippen MR) is 101 cm³/mol. The number of aromatic nitrogens is 2. The molecular formula is C21H23N3O2. The van der Waals surface area contributed by atoms with Gasteiger partial charge in [-0.2, -0.15) is 0 Å². The minimum Gasteiger partial charge on any atom is -0.396 e. The van der Waals surface area contributed by atoms with Crippen molar-refractivity contribution in [1.82, 2.24) is 14.5 Å². The summed E-state index contributed by atoms with van der Waals surface area (Å²) in [5.74, 6) is 0.686. The molecule has 1 unspecified atom stereocenters. The van der Waals surface area contributed by atoms with E-state index in [2.05, 4.69) is 4.98 Å². The minimum absolute atomic E-state index is 0.0462. The number of nitrogens with zero attached hydrogens (tertiary/aromatic N) is 3. The highest BCUT2D eigenvalue weighted by atomic mass is 16.3. The Balaban J connectivity index is 1.82. The Kier molecular flexibility index (Phi) is 5.81. The molecule has 0 aliphatic heterocycles. The van der Waals surface area contributed by atoms with E-state index in [4.69, 9.17) is 0 Å². The maximum Gasteiger partial charge on any atom is 0.255 e. The molecule has 2 heterocycles. The van der Waals surface area contributed by atoms with Gasteiger partial charge in [-0.05, 0) is 43.2 Å². The van der Waals surface area contributed by atoms with Crippen molar-refractivity contribution in [3.8, 4) is 5.82 Å². The van der Waals surface area contributed by atoms with Gasteiger partial charge in [-0.15, -0.1) is 0 Å². The van der Waals surface area contributed by atoms with Crippen LogP contribution in [0.2, 0.25) is 0 Å². The van der Waals surface area contributed by atoms with Crippen LogP contribution >= 0.6 is 0 Å². The van der Waals surface area contributed by atoms with Crippen molar-refractivity contribution in [2.45, 2.75) is 25.9 Å². The lowest BCUT2D eigenvalue weighted by Crippen LogP contribution is -2.38. The van der Waals surface area contributed by atoms with E-state index in [0.29, 0.717) is 18.5 Å². The first-order valence-electron chi connectivity index (χ1n) is 8.74. The number of aliphatic hydroxyl groups excluding tert-OH is 1. The van der Waals surface area contributed by atoms with Gasteiger partial charge >= 0.3 is 0 Å². The number of aliphatic hydroxyl groups is 1. The zero-order chi connectivity index (χ0) is 18.4. The molecule has 0 radical (unpaired) electrons. The average Bonchev–Trinajstić information content (AvgIpc) is 3.21. The Bertz CT molecular complexity index is 814. The van der Waals surface area contributed by atoms with Crippen molar-refractivity contribution < 1.29 is 9.90 Å². The van der Waals surface area contributed by atoms with Crippen LogP contribution in [0.25, 0.3) is 5.82 Å². The lowest BCUT2D eigenvalue weighted by atomic mass is 10.1. The van der Waals surface area contributed by atoms with Crippen molar-refractivity contribution >= 4 is 5.91 Å². The minimum atomic E-state index is -0.0821. The number of carbonyl (C=O) groups excluding carboxylic acids is 1. The average molecular weight is 349 g/mol. The van der Waals surface area contributed by atoms with Crippen LogP contribution in [0.1, 0.15) is 29.3 Å². The first kappa shape index (κ1) is 17.9. The first-order valence-corrected chi connectivity index (χ1v) is 8.74. The number of amides is 1. The third-order valence-corrected chi connectivity index (χ3v) is 4.40. The van der Waals surface area contributed by atoms with E-state index < -0.39 is 0 Å². The molecule has 0 spiro atoms. The SMILES string of the molecule is CC(CCO)N(Cc1ccccc1)C(=O)c1ccc(-n2cccc2)nc1. The largest absolute Gasteiger partial charge is 0.396 e. The third kappa shape index (κ3) is 4.18. The topological polar surface area (TPSA) is 58.4 Å². The Morgan fingerprint density at radius 1 is 1.12 bits per heavy atom. The van der Waals surface area contributed by atoms with Gasteiger partial charge in [0.05, 0.1) is 5.56 Å². The second-order valence-corrected chi connectivity index (χ2v) is 6.28. The molecule has 5 nitrogen and oxygen atoms in total. The van der Waals surface area contributed by atoms with Crippen LogP contribution < -0.4 is 0 Å². The first-order chi connectivity index (χ1) is 12.7. The zero-order valence-corrected chi connectivity index (χ0v) is 14.8. The molecule has 0 aliphatic rings. The second-order valence-electron chi connectivity index (χ2n) is 6.28. The molecule has 1 amide bonds. The normalized spacial score (nSPS) is 11.9. The van der Waals surface area contributed by atoms with Crippen molar-refractivity contribution in [2.24, 2.45) is 0 Å². The molecule has 5 heteroatoms. The molecule has 2 aromatic heterocycles. The van der Waals surface area contributed by atoms with Gasteiger partial charge in [-0.25, -0.2) is 4.98 Å². The maximum absolute atomic E-state index is 13.1. The fourth-order valence-corrected chi connectivity index (χ4v) is 2.87. The highest BCUT2D eigenvalue weighted by molar-refractivity contribution is 5.94. The molecule has 0 fully saturated rings. The monoisotopic (exact) mass is 349 g/mol. The maximum atomic E-state index is 13.1. The summed E-state index contributed by atoms with van der Waals surface area (Å²) in [4.78, 5) is 19.3. The van der Waals surface area contributed by atoms with Crippen LogP contribution in [0.3, 0.4) is 0 Å². The molecule has 1 aromatic carbocycles. The molecule has 0 saturated heterocycles. The quantitative estimate of drug-likeness (QED) is 0.712. The van der Waals surface area contributed by atoms with Crippen LogP contribution in [0.15, 0.2) is 73.2 Å². The van der Waals surface area contributed by atoms with Crippen LogP contribution in [-0.2, 0) is 6.54 Å². The van der Waals surface area contributed by atoms with E-state index >= 15 is 0 Å². The summed E-state index contributed by atoms with van der Waals surface area (Å²) in [5, 5.41) is 9.29. The van der Waals surface area contributed by atoms with Crippen molar-refractivity contribution in [2.75, 3.05) is 6.61 Å². The Morgan fingerprint density at radius 3 is 2.46 bits per heavy atom. The summed E-state index contributed by atoms with van der Waals surface area (Å²) in [6.07, 6.45) is 5.97. The molecule has 26 heavy (non-hydrogen) atoms. The summed E-state index contributed by atoms with van der Waals surface area (Å²) < 4.78 is 1.89. The molecular weight excluding hydrogens is 326 g/mol. The molecule has 134 valence electrons. The van der Waals surface area contributed by atoms with Gasteiger partial charge in [-0.1, -0.05) is 30.3 Å². The lowest BCUT2D eigenvalue weighted by molar-refractivity contribution is 0.0648. The number of hydrogen-bond donors (Lipinski definition) is 1. The van der Waals surface area contributed by atoms with E-state index in [-0.39, 0.29) is 18.6 Å². The van der Waals surface area contributed by atoms with Gasteiger partial charge in [0.15, 0.2) is 0 Å². The van der Waals surface area contributed by atoms with Gasteiger partial charge in [0.25, 0.3) is 5.91 Å². The second kappa shape index (κ2) is 8.45. The van der Waals surface area contributed by atoms with Crippen LogP contribution in [0, 0.1) is 0 Å². The highest BCUT2D eigenvalue weighted by Gasteiger charge is 2.22. The van der Waals surface area contributed by atoms with Crippen LogP contribution in [-0.4, -0.2) is 38.1 Å². The smallest absolute Gasteiger partial charge is 0.255 e. The molecule has 0 aliphatic carbocycles. The van der Waals surface area contributed by atoms with Crippen molar-refractivity contribution in [1.29, 1.82) is 0 Å². The number of pyridine rings is 1. The van der Waals surface area contributed by atoms with Gasteiger partial charge in [0.2, 0.25) is 0 Å². The molecule has 3 aromatic rings. The molecule has 1 N–H and O–H groups in total. The molecule has 3 rings (SSSR count). The standard InChI is InChI=1S/C21H23N3O2/c1-17(11-14-25)24(16-18-7-3-2-4-8-18)21(26)19-9-10-20(22-15-19)23-12-5-6-13-23/h2-10,12-13,15,17,25H,11,14,16H2,1H3. The Hall–Kier alpha value is -2.92. The van der Waals surface area contributed by atoms with E-state index in [1.165, 1.54) is 0 Å². The number of carbonyl (C=O) groups is 1. The Morgan fingerprint density at radius 2 is 1.85 bits per heavy atom. The lowest BCUT2D eigenvalue weighted by Gasteiger charge is -2.29. The van der Waals surface area contributed by atoms with Crippen molar-refractivity contribution in [3.05, 3.63) is 84.3 Å². The zero-order valence-electron chi connectivity index (χ0n) is 14.8. The summed E-state index contributed by atoms with van der Waals surface area (Å²) in [6.45, 7) is 2.50. The summed E-state index contributed by atoms with van der Waals surface area (Å²) in [6, 6.07) is 17.3. The van der Waals surface area contributed by atoms with Gasteiger partial charge in [0, 0.05) is 37.8 Å². The molecule has 0 bridgehead atoms. The highest BCUT2D eigenvalue weighted by Crippen LogP contribution is 2.16. The van der Waals surface area contributed by atoms with E-state index in [0.717, 1.165) is 11.4 Å². The van der Waals surface area contributed by atoms with E-state index in [1.807, 2.05) is 72.4 Å². The Labute approximate surface area is 153 Å². The fraction of sp³-hybridized carbons (Fsp3) is 0.238. The van der Waals surface area contributed by atoms with Crippen molar-refractivity contribution in [3.63, 3.8) is 0 Å². The number of hydrogen-bond acceptors (Lipinski definition) is 3. The predicted octanol–water partition coefficient (Wildman–Crippen LogP) is 3.29. The van der Waals surface area contributed by atoms with Crippen LogP contribution in [0.4, 0.5) is 0 Å². The van der Waals surface area contributed by atoms with E-state index in [9.17, 15) is 9.90 Å². The van der Waals surface area contributed by atoms with E-state index in [1.54, 1.807) is 17.2 Å². The fourth-order valence-electron chi connectivity index (χ4n) is 2.87. The van der Waals surface area contributed by atoms with Gasteiger partial charge in [-0.3, -0.25) is 4.79 Å². The van der Waals surface area contributed by atoms with Gasteiger partial charge in [0.1, 0.15) is 5.82 Å².